The van der Waals surface area contributed by atoms with Crippen LogP contribution in [0.25, 0.3) is 0 Å². The van der Waals surface area contributed by atoms with E-state index in [0.29, 0.717) is 5.56 Å². The number of nitrogens with one attached hydrogen (secondary N) is 1. The van der Waals surface area contributed by atoms with E-state index in [4.69, 9.17) is 0 Å². The first kappa shape index (κ1) is 16.4. The molecule has 0 atom stereocenters. The Bertz CT molecular complexity index is 736. The number of ketones is 1. The van der Waals surface area contributed by atoms with Gasteiger partial charge in [-0.25, -0.2) is 4.98 Å². The number of aryl methyl sites for hydroxylation is 1. The van der Waals surface area contributed by atoms with E-state index < -0.39 is 0 Å². The number of hydrogen-bond acceptors (Lipinski definition) is 5. The number of rotatable bonds is 4. The Labute approximate surface area is 143 Å². The van der Waals surface area contributed by atoms with E-state index in [0.717, 1.165) is 42.2 Å². The molecule has 1 fully saturated rings. The first-order valence-corrected chi connectivity index (χ1v) is 8.50. The number of nitrogens with zero attached hydrogens (tertiary/aromatic N) is 3. The van der Waals surface area contributed by atoms with Gasteiger partial charge in [0.1, 0.15) is 5.82 Å². The van der Waals surface area contributed by atoms with Gasteiger partial charge in [-0.05, 0) is 44.7 Å². The third-order valence-corrected chi connectivity index (χ3v) is 4.45. The second-order valence-corrected chi connectivity index (χ2v) is 6.63. The summed E-state index contributed by atoms with van der Waals surface area (Å²) in [6.07, 6.45) is 2.36. The molecule has 2 aromatic rings. The van der Waals surface area contributed by atoms with E-state index in [-0.39, 0.29) is 5.78 Å². The minimum atomic E-state index is 0.0562. The van der Waals surface area contributed by atoms with E-state index in [1.54, 1.807) is 6.92 Å². The van der Waals surface area contributed by atoms with Crippen LogP contribution >= 0.6 is 0 Å². The lowest BCUT2D eigenvalue weighted by Crippen LogP contribution is -2.34. The molecule has 1 aromatic heterocycles. The molecule has 1 aliphatic heterocycles. The van der Waals surface area contributed by atoms with Crippen molar-refractivity contribution in [3.8, 4) is 0 Å². The average Bonchev–Trinajstić information content (AvgIpc) is 2.55. The fourth-order valence-corrected chi connectivity index (χ4v) is 2.93. The van der Waals surface area contributed by atoms with Gasteiger partial charge in [0, 0.05) is 36.1 Å². The summed E-state index contributed by atoms with van der Waals surface area (Å²) in [4.78, 5) is 23.0. The van der Waals surface area contributed by atoms with Crippen molar-refractivity contribution in [2.24, 2.45) is 5.92 Å². The normalized spacial score (nSPS) is 15.4. The number of carbonyl (C=O) groups is 1. The van der Waals surface area contributed by atoms with Gasteiger partial charge in [-0.3, -0.25) is 4.79 Å². The largest absolute Gasteiger partial charge is 0.341 e. The molecule has 1 saturated heterocycles. The lowest BCUT2D eigenvalue weighted by Gasteiger charge is -2.30. The highest BCUT2D eigenvalue weighted by Gasteiger charge is 2.18. The van der Waals surface area contributed by atoms with Crippen LogP contribution in [-0.2, 0) is 0 Å². The predicted molar refractivity (Wildman–Crippen MR) is 97.1 cm³/mol. The van der Waals surface area contributed by atoms with Gasteiger partial charge in [0.15, 0.2) is 5.78 Å². The Kier molecular flexibility index (Phi) is 4.79. The smallest absolute Gasteiger partial charge is 0.227 e. The summed E-state index contributed by atoms with van der Waals surface area (Å²) in [5.74, 6) is 2.38. The maximum atomic E-state index is 11.5. The molecule has 0 saturated carbocycles. The first-order chi connectivity index (χ1) is 11.5. The zero-order chi connectivity index (χ0) is 17.1. The van der Waals surface area contributed by atoms with E-state index in [1.807, 2.05) is 37.3 Å². The number of benzene rings is 1. The zero-order valence-electron chi connectivity index (χ0n) is 14.5. The molecule has 0 aliphatic carbocycles. The Balaban J connectivity index is 1.81. The Hall–Kier alpha value is -2.43. The monoisotopic (exact) mass is 324 g/mol. The van der Waals surface area contributed by atoms with Gasteiger partial charge in [0.05, 0.1) is 0 Å². The maximum absolute atomic E-state index is 11.5. The highest BCUT2D eigenvalue weighted by molar-refractivity contribution is 5.95. The number of anilines is 3. The fourth-order valence-electron chi connectivity index (χ4n) is 2.93. The molecule has 1 aromatic carbocycles. The molecule has 3 rings (SSSR count). The summed E-state index contributed by atoms with van der Waals surface area (Å²) in [7, 11) is 0. The highest BCUT2D eigenvalue weighted by atomic mass is 16.1. The van der Waals surface area contributed by atoms with Crippen molar-refractivity contribution in [1.29, 1.82) is 0 Å². The lowest BCUT2D eigenvalue weighted by molar-refractivity contribution is 0.101. The van der Waals surface area contributed by atoms with Gasteiger partial charge in [0.2, 0.25) is 5.95 Å². The summed E-state index contributed by atoms with van der Waals surface area (Å²) in [6, 6.07) is 9.41. The number of Topliss-reactive ketones (excluding diaryl/α,β-unsaturated/α-hetero) is 1. The predicted octanol–water partition coefficient (Wildman–Crippen LogP) is 3.97. The highest BCUT2D eigenvalue weighted by Crippen LogP contribution is 2.23. The molecule has 1 aliphatic rings. The standard InChI is InChI=1S/C19H24N4O/c1-13-7-9-23(10-8-13)19-20-14(2)11-18(22-19)21-17-6-4-5-16(12-17)15(3)24/h4-6,11-13H,7-10H2,1-3H3,(H,20,21,22). The minimum absolute atomic E-state index is 0.0562. The SMILES string of the molecule is CC(=O)c1cccc(Nc2cc(C)nc(N3CCC(C)CC3)n2)c1. The van der Waals surface area contributed by atoms with Crippen molar-refractivity contribution < 1.29 is 4.79 Å². The van der Waals surface area contributed by atoms with Crippen molar-refractivity contribution in [1.82, 2.24) is 9.97 Å². The van der Waals surface area contributed by atoms with Gasteiger partial charge in [0.25, 0.3) is 0 Å². The Morgan fingerprint density at radius 3 is 2.67 bits per heavy atom. The summed E-state index contributed by atoms with van der Waals surface area (Å²) in [6.45, 7) is 7.86. The first-order valence-electron chi connectivity index (χ1n) is 8.50. The summed E-state index contributed by atoms with van der Waals surface area (Å²) < 4.78 is 0. The van der Waals surface area contributed by atoms with Crippen LogP contribution in [-0.4, -0.2) is 28.8 Å². The molecule has 5 nitrogen and oxygen atoms in total. The van der Waals surface area contributed by atoms with Crippen molar-refractivity contribution in [2.45, 2.75) is 33.6 Å². The van der Waals surface area contributed by atoms with Crippen LogP contribution in [0.15, 0.2) is 30.3 Å². The molecule has 24 heavy (non-hydrogen) atoms. The van der Waals surface area contributed by atoms with Crippen molar-refractivity contribution in [3.05, 3.63) is 41.6 Å². The van der Waals surface area contributed by atoms with Crippen molar-refractivity contribution >= 4 is 23.2 Å². The van der Waals surface area contributed by atoms with Crippen molar-refractivity contribution in [3.63, 3.8) is 0 Å². The van der Waals surface area contributed by atoms with Crippen molar-refractivity contribution in [2.75, 3.05) is 23.3 Å². The van der Waals surface area contributed by atoms with Crippen LogP contribution < -0.4 is 10.2 Å². The maximum Gasteiger partial charge on any atom is 0.227 e. The third-order valence-electron chi connectivity index (χ3n) is 4.45. The Morgan fingerprint density at radius 2 is 1.96 bits per heavy atom. The molecular weight excluding hydrogens is 300 g/mol. The van der Waals surface area contributed by atoms with E-state index in [2.05, 4.69) is 27.1 Å². The number of hydrogen-bond donors (Lipinski definition) is 1. The van der Waals surface area contributed by atoms with Crippen LogP contribution in [0.3, 0.4) is 0 Å². The fraction of sp³-hybridized carbons (Fsp3) is 0.421. The van der Waals surface area contributed by atoms with Crippen LogP contribution in [0.4, 0.5) is 17.5 Å². The quantitative estimate of drug-likeness (QED) is 0.863. The number of piperidine rings is 1. The number of carbonyl (C=O) groups excluding carboxylic acids is 1. The molecule has 0 spiro atoms. The average molecular weight is 324 g/mol. The van der Waals surface area contributed by atoms with E-state index in [1.165, 1.54) is 12.8 Å². The molecule has 0 amide bonds. The molecule has 126 valence electrons. The van der Waals surface area contributed by atoms with Gasteiger partial charge in [-0.1, -0.05) is 19.1 Å². The molecule has 2 heterocycles. The van der Waals surface area contributed by atoms with Gasteiger partial charge in [-0.2, -0.15) is 4.98 Å². The minimum Gasteiger partial charge on any atom is -0.341 e. The van der Waals surface area contributed by atoms with Gasteiger partial charge in [-0.15, -0.1) is 0 Å². The molecule has 1 N–H and O–H groups in total. The summed E-state index contributed by atoms with van der Waals surface area (Å²) >= 11 is 0. The second kappa shape index (κ2) is 6.99. The lowest BCUT2D eigenvalue weighted by atomic mass is 10.00. The molecule has 0 bridgehead atoms. The summed E-state index contributed by atoms with van der Waals surface area (Å²) in [5, 5.41) is 3.30. The van der Waals surface area contributed by atoms with Crippen LogP contribution in [0, 0.1) is 12.8 Å². The van der Waals surface area contributed by atoms with Gasteiger partial charge >= 0.3 is 0 Å². The second-order valence-electron chi connectivity index (χ2n) is 6.63. The zero-order valence-corrected chi connectivity index (χ0v) is 14.5. The van der Waals surface area contributed by atoms with Crippen LogP contribution in [0.2, 0.25) is 0 Å². The van der Waals surface area contributed by atoms with E-state index in [9.17, 15) is 4.79 Å². The summed E-state index contributed by atoms with van der Waals surface area (Å²) in [5.41, 5.74) is 2.49. The number of aromatic nitrogens is 2. The topological polar surface area (TPSA) is 58.1 Å². The third kappa shape index (κ3) is 3.91. The molecule has 5 heteroatoms. The van der Waals surface area contributed by atoms with Crippen LogP contribution in [0.1, 0.15) is 42.7 Å². The van der Waals surface area contributed by atoms with E-state index >= 15 is 0 Å². The van der Waals surface area contributed by atoms with Gasteiger partial charge < -0.3 is 10.2 Å². The van der Waals surface area contributed by atoms with Crippen LogP contribution in [0.5, 0.6) is 0 Å². The molecular formula is C19H24N4O. The molecule has 0 unspecified atom stereocenters. The molecule has 0 radical (unpaired) electrons. The Morgan fingerprint density at radius 1 is 1.21 bits per heavy atom.